The average Bonchev–Trinajstić information content (AvgIpc) is 2.82. The van der Waals surface area contributed by atoms with Gasteiger partial charge in [-0.3, -0.25) is 9.48 Å². The van der Waals surface area contributed by atoms with Gasteiger partial charge < -0.3 is 10.4 Å². The van der Waals surface area contributed by atoms with Crippen molar-refractivity contribution in [2.75, 3.05) is 5.32 Å². The third-order valence-electron chi connectivity index (χ3n) is 2.47. The molecule has 5 nitrogen and oxygen atoms in total. The van der Waals surface area contributed by atoms with Crippen molar-refractivity contribution in [3.05, 3.63) is 41.2 Å². The van der Waals surface area contributed by atoms with Crippen molar-refractivity contribution in [1.29, 1.82) is 0 Å². The monoisotopic (exact) mass is 319 g/mol. The number of anilines is 1. The van der Waals surface area contributed by atoms with E-state index in [1.807, 2.05) is 0 Å². The largest absolute Gasteiger partial charge is 0.506 e. The minimum atomic E-state index is -4.56. The van der Waals surface area contributed by atoms with Gasteiger partial charge in [-0.2, -0.15) is 18.3 Å². The van der Waals surface area contributed by atoms with Crippen LogP contribution in [0.2, 0.25) is 5.02 Å². The first-order valence-electron chi connectivity index (χ1n) is 5.65. The van der Waals surface area contributed by atoms with E-state index in [0.717, 1.165) is 16.9 Å². The van der Waals surface area contributed by atoms with Crippen molar-refractivity contribution in [3.63, 3.8) is 0 Å². The lowest BCUT2D eigenvalue weighted by Crippen LogP contribution is -2.19. The van der Waals surface area contributed by atoms with E-state index < -0.39 is 24.3 Å². The van der Waals surface area contributed by atoms with Crippen LogP contribution in [0.5, 0.6) is 5.75 Å². The van der Waals surface area contributed by atoms with Gasteiger partial charge in [0, 0.05) is 11.2 Å². The van der Waals surface area contributed by atoms with Gasteiger partial charge in [0.15, 0.2) is 5.69 Å². The zero-order chi connectivity index (χ0) is 15.6. The number of phenolic OH excluding ortho intramolecular Hbond substituents is 1. The molecule has 2 rings (SSSR count). The number of hydrogen-bond acceptors (Lipinski definition) is 3. The van der Waals surface area contributed by atoms with E-state index in [-0.39, 0.29) is 11.4 Å². The van der Waals surface area contributed by atoms with Crippen LogP contribution >= 0.6 is 11.6 Å². The number of nitrogens with one attached hydrogen (secondary N) is 1. The highest BCUT2D eigenvalue weighted by molar-refractivity contribution is 6.31. The van der Waals surface area contributed by atoms with Gasteiger partial charge in [0.25, 0.3) is 0 Å². The van der Waals surface area contributed by atoms with Crippen LogP contribution in [0.4, 0.5) is 18.9 Å². The Bertz CT molecular complexity index is 670. The lowest BCUT2D eigenvalue weighted by atomic mass is 10.3. The molecule has 0 aliphatic rings. The SMILES string of the molecule is O=C(Cn1ccc(C(F)(F)F)n1)Nc1cc(Cl)ccc1O. The van der Waals surface area contributed by atoms with E-state index in [1.165, 1.54) is 18.2 Å². The van der Waals surface area contributed by atoms with Gasteiger partial charge in [-0.1, -0.05) is 11.6 Å². The van der Waals surface area contributed by atoms with Crippen LogP contribution in [-0.4, -0.2) is 20.8 Å². The molecule has 0 saturated heterocycles. The van der Waals surface area contributed by atoms with Crippen LogP contribution in [-0.2, 0) is 17.5 Å². The van der Waals surface area contributed by atoms with Crippen LogP contribution in [0.15, 0.2) is 30.5 Å². The minimum Gasteiger partial charge on any atom is -0.506 e. The van der Waals surface area contributed by atoms with Crippen LogP contribution < -0.4 is 5.32 Å². The molecule has 1 amide bonds. The number of carbonyl (C=O) groups is 1. The molecule has 0 aliphatic carbocycles. The molecule has 0 spiro atoms. The summed E-state index contributed by atoms with van der Waals surface area (Å²) in [5, 5.41) is 15.4. The summed E-state index contributed by atoms with van der Waals surface area (Å²) in [6, 6.07) is 4.80. The number of aromatic nitrogens is 2. The maximum absolute atomic E-state index is 12.4. The fourth-order valence-electron chi connectivity index (χ4n) is 1.55. The maximum Gasteiger partial charge on any atom is 0.435 e. The number of hydrogen-bond donors (Lipinski definition) is 2. The first kappa shape index (κ1) is 15.2. The first-order valence-corrected chi connectivity index (χ1v) is 6.02. The average molecular weight is 320 g/mol. The molecule has 21 heavy (non-hydrogen) atoms. The summed E-state index contributed by atoms with van der Waals surface area (Å²) in [6.07, 6.45) is -3.52. The number of halogens is 4. The lowest BCUT2D eigenvalue weighted by Gasteiger charge is -2.08. The fourth-order valence-corrected chi connectivity index (χ4v) is 1.72. The number of rotatable bonds is 3. The molecule has 0 saturated carbocycles. The summed E-state index contributed by atoms with van der Waals surface area (Å²) in [7, 11) is 0. The third kappa shape index (κ3) is 3.88. The molecule has 0 aliphatic heterocycles. The Labute approximate surface area is 121 Å². The molecule has 2 aromatic rings. The summed E-state index contributed by atoms with van der Waals surface area (Å²) in [6.45, 7) is -0.429. The number of aromatic hydroxyl groups is 1. The topological polar surface area (TPSA) is 67.2 Å². The molecule has 2 N–H and O–H groups in total. The lowest BCUT2D eigenvalue weighted by molar-refractivity contribution is -0.141. The fraction of sp³-hybridized carbons (Fsp3) is 0.167. The highest BCUT2D eigenvalue weighted by Gasteiger charge is 2.33. The van der Waals surface area contributed by atoms with Gasteiger partial charge in [-0.25, -0.2) is 0 Å². The zero-order valence-electron chi connectivity index (χ0n) is 10.4. The van der Waals surface area contributed by atoms with Gasteiger partial charge in [0.2, 0.25) is 5.91 Å². The molecule has 0 bridgehead atoms. The summed E-state index contributed by atoms with van der Waals surface area (Å²) in [5.41, 5.74) is -1.02. The number of benzene rings is 1. The van der Waals surface area contributed by atoms with Crippen molar-refractivity contribution >= 4 is 23.2 Å². The molecule has 0 radical (unpaired) electrons. The Morgan fingerprint density at radius 2 is 2.10 bits per heavy atom. The quantitative estimate of drug-likeness (QED) is 0.855. The van der Waals surface area contributed by atoms with Crippen LogP contribution in [0.25, 0.3) is 0 Å². The van der Waals surface area contributed by atoms with Gasteiger partial charge in [-0.05, 0) is 24.3 Å². The first-order chi connectivity index (χ1) is 9.75. The Kier molecular flexibility index (Phi) is 4.08. The van der Waals surface area contributed by atoms with Gasteiger partial charge in [0.1, 0.15) is 12.3 Å². The normalized spacial score (nSPS) is 11.4. The second-order valence-electron chi connectivity index (χ2n) is 4.11. The van der Waals surface area contributed by atoms with E-state index in [4.69, 9.17) is 11.6 Å². The summed E-state index contributed by atoms with van der Waals surface area (Å²) < 4.78 is 37.9. The highest BCUT2D eigenvalue weighted by Crippen LogP contribution is 2.28. The smallest absolute Gasteiger partial charge is 0.435 e. The Morgan fingerprint density at radius 3 is 2.71 bits per heavy atom. The zero-order valence-corrected chi connectivity index (χ0v) is 11.1. The summed E-state index contributed by atoms with van der Waals surface area (Å²) in [4.78, 5) is 11.7. The second-order valence-corrected chi connectivity index (χ2v) is 4.54. The number of amides is 1. The molecular formula is C12H9ClF3N3O2. The Morgan fingerprint density at radius 1 is 1.38 bits per heavy atom. The molecule has 9 heteroatoms. The van der Waals surface area contributed by atoms with E-state index in [1.54, 1.807) is 0 Å². The number of phenols is 1. The molecule has 0 atom stereocenters. The Balaban J connectivity index is 2.05. The molecule has 1 aromatic heterocycles. The van der Waals surface area contributed by atoms with Crippen molar-refractivity contribution in [2.24, 2.45) is 0 Å². The van der Waals surface area contributed by atoms with E-state index in [0.29, 0.717) is 5.02 Å². The minimum absolute atomic E-state index is 0.0655. The standard InChI is InChI=1S/C12H9ClF3N3O2/c13-7-1-2-9(20)8(5-7)17-11(21)6-19-4-3-10(18-19)12(14,15)16/h1-5,20H,6H2,(H,17,21). The van der Waals surface area contributed by atoms with E-state index in [2.05, 4.69) is 10.4 Å². The summed E-state index contributed by atoms with van der Waals surface area (Å²) >= 11 is 5.71. The predicted molar refractivity (Wildman–Crippen MR) is 69.0 cm³/mol. The maximum atomic E-state index is 12.4. The molecule has 0 fully saturated rings. The van der Waals surface area contributed by atoms with Crippen molar-refractivity contribution < 1.29 is 23.1 Å². The van der Waals surface area contributed by atoms with Crippen LogP contribution in [0.3, 0.4) is 0 Å². The van der Waals surface area contributed by atoms with Crippen LogP contribution in [0, 0.1) is 0 Å². The molecule has 1 aromatic carbocycles. The van der Waals surface area contributed by atoms with Gasteiger partial charge in [0.05, 0.1) is 5.69 Å². The molecular weight excluding hydrogens is 311 g/mol. The number of nitrogens with zero attached hydrogens (tertiary/aromatic N) is 2. The van der Waals surface area contributed by atoms with E-state index >= 15 is 0 Å². The molecule has 1 heterocycles. The van der Waals surface area contributed by atoms with Gasteiger partial charge >= 0.3 is 6.18 Å². The number of carbonyl (C=O) groups excluding carboxylic acids is 1. The second kappa shape index (κ2) is 5.65. The van der Waals surface area contributed by atoms with Crippen LogP contribution in [0.1, 0.15) is 5.69 Å². The predicted octanol–water partition coefficient (Wildman–Crippen LogP) is 2.90. The van der Waals surface area contributed by atoms with Crippen molar-refractivity contribution in [3.8, 4) is 5.75 Å². The third-order valence-corrected chi connectivity index (χ3v) is 2.70. The molecule has 0 unspecified atom stereocenters. The Hall–Kier alpha value is -2.22. The summed E-state index contributed by atoms with van der Waals surface area (Å²) in [5.74, 6) is -0.853. The van der Waals surface area contributed by atoms with Crippen molar-refractivity contribution in [2.45, 2.75) is 12.7 Å². The van der Waals surface area contributed by atoms with E-state index in [9.17, 15) is 23.1 Å². The molecule has 112 valence electrons. The van der Waals surface area contributed by atoms with Crippen molar-refractivity contribution in [1.82, 2.24) is 9.78 Å². The highest BCUT2D eigenvalue weighted by atomic mass is 35.5. The number of alkyl halides is 3. The van der Waals surface area contributed by atoms with Gasteiger partial charge in [-0.15, -0.1) is 0 Å².